The maximum atomic E-state index is 12.2. The smallest absolute Gasteiger partial charge is 0.338 e. The summed E-state index contributed by atoms with van der Waals surface area (Å²) < 4.78 is 4.34. The highest BCUT2D eigenvalue weighted by Crippen LogP contribution is 2.53. The van der Waals surface area contributed by atoms with Crippen LogP contribution in [0.15, 0.2) is 30.9 Å². The van der Waals surface area contributed by atoms with Crippen LogP contribution in [0.3, 0.4) is 0 Å². The number of amides is 2. The Hall–Kier alpha value is -1.85. The molecule has 3 rings (SSSR count). The van der Waals surface area contributed by atoms with Crippen molar-refractivity contribution >= 4 is 41.0 Å². The zero-order valence-electron chi connectivity index (χ0n) is 12.1. The molecule has 5 nitrogen and oxygen atoms in total. The first-order valence-electron chi connectivity index (χ1n) is 7.01. The molecular weight excluding hydrogens is 341 g/mol. The Morgan fingerprint density at radius 2 is 2.00 bits per heavy atom. The standard InChI is InChI=1S/C16H13Cl2NO4/c1-2-5-19-13(20)11-4-3-9(6-12(11)14(19)21)15(22)23-8-10-7-16(10,17)18/h2-4,6,10H,1,5,7-8H2/t10-/m0/s1. The first kappa shape index (κ1) is 16.0. The van der Waals surface area contributed by atoms with E-state index in [0.29, 0.717) is 6.42 Å². The molecule has 2 amide bonds. The minimum absolute atomic E-state index is 0.0736. The highest BCUT2D eigenvalue weighted by atomic mass is 35.5. The molecule has 1 aromatic rings. The molecule has 1 saturated carbocycles. The summed E-state index contributed by atoms with van der Waals surface area (Å²) in [4.78, 5) is 37.4. The summed E-state index contributed by atoms with van der Waals surface area (Å²) in [5, 5.41) is 0. The van der Waals surface area contributed by atoms with Gasteiger partial charge in [-0.15, -0.1) is 29.8 Å². The van der Waals surface area contributed by atoms with E-state index in [-0.39, 0.29) is 35.8 Å². The average molecular weight is 354 g/mol. The van der Waals surface area contributed by atoms with E-state index in [4.69, 9.17) is 27.9 Å². The van der Waals surface area contributed by atoms with Crippen molar-refractivity contribution in [3.8, 4) is 0 Å². The fourth-order valence-electron chi connectivity index (χ4n) is 2.42. The number of esters is 1. The van der Waals surface area contributed by atoms with Crippen LogP contribution >= 0.6 is 23.2 Å². The second-order valence-electron chi connectivity index (χ2n) is 5.53. The summed E-state index contributed by atoms with van der Waals surface area (Å²) in [6.45, 7) is 3.77. The summed E-state index contributed by atoms with van der Waals surface area (Å²) in [6.07, 6.45) is 2.05. The number of carbonyl (C=O) groups is 3. The van der Waals surface area contributed by atoms with Crippen molar-refractivity contribution in [2.45, 2.75) is 10.8 Å². The van der Waals surface area contributed by atoms with E-state index in [1.807, 2.05) is 0 Å². The highest BCUT2D eigenvalue weighted by molar-refractivity contribution is 6.50. The van der Waals surface area contributed by atoms with Crippen molar-refractivity contribution in [2.75, 3.05) is 13.2 Å². The van der Waals surface area contributed by atoms with Crippen molar-refractivity contribution in [1.82, 2.24) is 4.90 Å². The number of imide groups is 1. The summed E-state index contributed by atoms with van der Waals surface area (Å²) in [5.74, 6) is -1.49. The number of halogens is 2. The number of rotatable bonds is 5. The van der Waals surface area contributed by atoms with Crippen LogP contribution in [0.5, 0.6) is 0 Å². The number of fused-ring (bicyclic) bond motifs is 1. The maximum absolute atomic E-state index is 12.2. The monoisotopic (exact) mass is 353 g/mol. The molecule has 2 aliphatic rings. The van der Waals surface area contributed by atoms with Crippen LogP contribution in [0.25, 0.3) is 0 Å². The SMILES string of the molecule is C=CCN1C(=O)c2ccc(C(=O)OC[C@@H]3CC3(Cl)Cl)cc2C1=O. The summed E-state index contributed by atoms with van der Waals surface area (Å²) in [7, 11) is 0. The van der Waals surface area contributed by atoms with Gasteiger partial charge in [-0.3, -0.25) is 14.5 Å². The van der Waals surface area contributed by atoms with Gasteiger partial charge in [-0.2, -0.15) is 0 Å². The molecule has 1 aliphatic heterocycles. The van der Waals surface area contributed by atoms with Crippen LogP contribution in [0.4, 0.5) is 0 Å². The van der Waals surface area contributed by atoms with Gasteiger partial charge in [0.1, 0.15) is 4.33 Å². The Labute approximate surface area is 142 Å². The first-order chi connectivity index (χ1) is 10.8. The molecule has 0 unspecified atom stereocenters. The van der Waals surface area contributed by atoms with Gasteiger partial charge in [-0.05, 0) is 24.6 Å². The van der Waals surface area contributed by atoms with Crippen molar-refractivity contribution in [3.63, 3.8) is 0 Å². The lowest BCUT2D eigenvalue weighted by atomic mass is 10.1. The van der Waals surface area contributed by atoms with Gasteiger partial charge in [0.15, 0.2) is 0 Å². The van der Waals surface area contributed by atoms with E-state index in [9.17, 15) is 14.4 Å². The van der Waals surface area contributed by atoms with Crippen LogP contribution in [0.1, 0.15) is 37.5 Å². The first-order valence-corrected chi connectivity index (χ1v) is 7.77. The minimum atomic E-state index is -0.814. The molecular formula is C16H13Cl2NO4. The average Bonchev–Trinajstić information content (AvgIpc) is 3.07. The number of hydrogen-bond donors (Lipinski definition) is 0. The summed E-state index contributed by atoms with van der Waals surface area (Å²) >= 11 is 11.7. The van der Waals surface area contributed by atoms with E-state index >= 15 is 0 Å². The Balaban J connectivity index is 1.74. The molecule has 1 atom stereocenters. The Morgan fingerprint density at radius 3 is 2.61 bits per heavy atom. The lowest BCUT2D eigenvalue weighted by Gasteiger charge is -2.09. The van der Waals surface area contributed by atoms with Crippen LogP contribution in [-0.2, 0) is 4.74 Å². The van der Waals surface area contributed by atoms with Crippen molar-refractivity contribution in [2.24, 2.45) is 5.92 Å². The predicted molar refractivity (Wildman–Crippen MR) is 84.8 cm³/mol. The lowest BCUT2D eigenvalue weighted by Crippen LogP contribution is -2.29. The van der Waals surface area contributed by atoms with Crippen LogP contribution in [0, 0.1) is 5.92 Å². The summed E-state index contributed by atoms with van der Waals surface area (Å²) in [6, 6.07) is 4.30. The topological polar surface area (TPSA) is 63.7 Å². The van der Waals surface area contributed by atoms with Crippen molar-refractivity contribution < 1.29 is 19.1 Å². The summed E-state index contributed by atoms with van der Waals surface area (Å²) in [5.41, 5.74) is 0.679. The highest BCUT2D eigenvalue weighted by Gasteiger charge is 2.52. The number of hydrogen-bond acceptors (Lipinski definition) is 4. The molecule has 1 aliphatic carbocycles. The second kappa shape index (κ2) is 5.65. The molecule has 0 bridgehead atoms. The zero-order chi connectivity index (χ0) is 16.8. The second-order valence-corrected chi connectivity index (χ2v) is 7.07. The van der Waals surface area contributed by atoms with Gasteiger partial charge in [0, 0.05) is 12.5 Å². The Morgan fingerprint density at radius 1 is 1.35 bits per heavy atom. The quantitative estimate of drug-likeness (QED) is 0.353. The number of alkyl halides is 2. The van der Waals surface area contributed by atoms with Crippen LogP contribution < -0.4 is 0 Å². The van der Waals surface area contributed by atoms with Crippen LogP contribution in [0.2, 0.25) is 0 Å². The van der Waals surface area contributed by atoms with Gasteiger partial charge < -0.3 is 4.74 Å². The number of carbonyl (C=O) groups excluding carboxylic acids is 3. The molecule has 23 heavy (non-hydrogen) atoms. The third-order valence-electron chi connectivity index (χ3n) is 3.89. The zero-order valence-corrected chi connectivity index (χ0v) is 13.6. The van der Waals surface area contributed by atoms with E-state index in [0.717, 1.165) is 4.90 Å². The molecule has 120 valence electrons. The lowest BCUT2D eigenvalue weighted by molar-refractivity contribution is 0.0485. The normalized spacial score (nSPS) is 21.1. The molecule has 0 aromatic heterocycles. The third-order valence-corrected chi connectivity index (χ3v) is 4.82. The molecule has 1 aromatic carbocycles. The van der Waals surface area contributed by atoms with Crippen LogP contribution in [-0.4, -0.2) is 40.2 Å². The number of nitrogens with zero attached hydrogens (tertiary/aromatic N) is 1. The van der Waals surface area contributed by atoms with E-state index in [2.05, 4.69) is 6.58 Å². The van der Waals surface area contributed by atoms with Crippen molar-refractivity contribution in [1.29, 1.82) is 0 Å². The molecule has 0 radical (unpaired) electrons. The maximum Gasteiger partial charge on any atom is 0.338 e. The van der Waals surface area contributed by atoms with Gasteiger partial charge in [0.05, 0.1) is 23.3 Å². The molecule has 1 fully saturated rings. The molecule has 0 N–H and O–H groups in total. The van der Waals surface area contributed by atoms with Gasteiger partial charge in [0.25, 0.3) is 11.8 Å². The van der Waals surface area contributed by atoms with E-state index in [1.165, 1.54) is 24.3 Å². The minimum Gasteiger partial charge on any atom is -0.462 e. The van der Waals surface area contributed by atoms with Gasteiger partial charge in [0.2, 0.25) is 0 Å². The van der Waals surface area contributed by atoms with Crippen molar-refractivity contribution in [3.05, 3.63) is 47.5 Å². The predicted octanol–water partition coefficient (Wildman–Crippen LogP) is 2.82. The molecule has 7 heteroatoms. The molecule has 0 spiro atoms. The van der Waals surface area contributed by atoms with Gasteiger partial charge in [-0.1, -0.05) is 6.08 Å². The molecule has 1 heterocycles. The fraction of sp³-hybridized carbons (Fsp3) is 0.312. The number of ether oxygens (including phenoxy) is 1. The largest absolute Gasteiger partial charge is 0.462 e. The fourth-order valence-corrected chi connectivity index (χ4v) is 2.92. The molecule has 0 saturated heterocycles. The van der Waals surface area contributed by atoms with E-state index in [1.54, 1.807) is 0 Å². The van der Waals surface area contributed by atoms with Gasteiger partial charge in [-0.25, -0.2) is 4.79 Å². The van der Waals surface area contributed by atoms with Gasteiger partial charge >= 0.3 is 5.97 Å². The number of benzene rings is 1. The Kier molecular flexibility index (Phi) is 3.94. The third kappa shape index (κ3) is 2.86. The Bertz CT molecular complexity index is 729. The van der Waals surface area contributed by atoms with E-state index < -0.39 is 22.1 Å².